The van der Waals surface area contributed by atoms with Crippen molar-refractivity contribution in [3.8, 4) is 11.1 Å². The molecule has 3 aromatic heterocycles. The van der Waals surface area contributed by atoms with Gasteiger partial charge in [-0.3, -0.25) is 14.6 Å². The number of nitrogens with zero attached hydrogens (tertiary/aromatic N) is 4. The number of alkyl halides is 3. The summed E-state index contributed by atoms with van der Waals surface area (Å²) >= 11 is 0. The van der Waals surface area contributed by atoms with E-state index >= 15 is 0 Å². The molecule has 7 heteroatoms. The molecule has 4 nitrogen and oxygen atoms in total. The number of aryl methyl sites for hydroxylation is 1. The van der Waals surface area contributed by atoms with Gasteiger partial charge in [0.2, 0.25) is 0 Å². The minimum atomic E-state index is -4.43. The van der Waals surface area contributed by atoms with E-state index in [0.29, 0.717) is 12.0 Å². The smallest absolute Gasteiger partial charge is 0.262 e. The zero-order valence-corrected chi connectivity index (χ0v) is 14.8. The Kier molecular flexibility index (Phi) is 4.09. The third-order valence-electron chi connectivity index (χ3n) is 4.71. The highest BCUT2D eigenvalue weighted by Gasteiger charge is 2.32. The van der Waals surface area contributed by atoms with Gasteiger partial charge >= 0.3 is 6.18 Å². The molecule has 27 heavy (non-hydrogen) atoms. The number of fused-ring (bicyclic) bond motifs is 1. The van der Waals surface area contributed by atoms with Crippen LogP contribution in [0.3, 0.4) is 0 Å². The Balaban J connectivity index is 1.76. The molecule has 0 amide bonds. The van der Waals surface area contributed by atoms with Crippen LogP contribution in [0, 0.1) is 6.92 Å². The number of hydrogen-bond acceptors (Lipinski definition) is 3. The van der Waals surface area contributed by atoms with E-state index in [1.165, 1.54) is 12.3 Å². The van der Waals surface area contributed by atoms with Gasteiger partial charge in [-0.15, -0.1) is 0 Å². The molecule has 3 aromatic rings. The molecule has 0 saturated carbocycles. The highest BCUT2D eigenvalue weighted by molar-refractivity contribution is 5.87. The molecular weight excluding hydrogens is 353 g/mol. The van der Waals surface area contributed by atoms with Gasteiger partial charge < -0.3 is 0 Å². The third-order valence-corrected chi connectivity index (χ3v) is 4.71. The minimum Gasteiger partial charge on any atom is -0.262 e. The van der Waals surface area contributed by atoms with Crippen LogP contribution in [0.15, 0.2) is 42.9 Å². The number of halogens is 3. The fourth-order valence-electron chi connectivity index (χ4n) is 3.38. The summed E-state index contributed by atoms with van der Waals surface area (Å²) in [5.74, 6) is 0. The van der Waals surface area contributed by atoms with Gasteiger partial charge in [0, 0.05) is 23.7 Å². The molecule has 1 unspecified atom stereocenters. The first kappa shape index (κ1) is 17.5. The van der Waals surface area contributed by atoms with Crippen LogP contribution in [0.2, 0.25) is 0 Å². The Morgan fingerprint density at radius 2 is 1.89 bits per heavy atom. The standard InChI is InChI=1S/C20H17F3N4/c1-12-7-14(5-6-24-12)17-11-26-27-13(2)8-16(9-18(17)27)15-3-4-19(25-10-15)20(21,22)23/h3-7,9-11,13H,8H2,1-2H3. The van der Waals surface area contributed by atoms with E-state index in [9.17, 15) is 13.2 Å². The summed E-state index contributed by atoms with van der Waals surface area (Å²) in [7, 11) is 0. The van der Waals surface area contributed by atoms with E-state index in [4.69, 9.17) is 0 Å². The molecule has 1 aliphatic heterocycles. The first-order valence-electron chi connectivity index (χ1n) is 8.57. The minimum absolute atomic E-state index is 0.0963. The molecule has 138 valence electrons. The summed E-state index contributed by atoms with van der Waals surface area (Å²) in [4.78, 5) is 7.81. The molecule has 0 radical (unpaired) electrons. The van der Waals surface area contributed by atoms with E-state index in [1.807, 2.05) is 42.9 Å². The van der Waals surface area contributed by atoms with Crippen molar-refractivity contribution in [2.24, 2.45) is 0 Å². The van der Waals surface area contributed by atoms with Crippen LogP contribution in [-0.2, 0) is 6.18 Å². The summed E-state index contributed by atoms with van der Waals surface area (Å²) in [6.45, 7) is 3.97. The van der Waals surface area contributed by atoms with E-state index < -0.39 is 11.9 Å². The van der Waals surface area contributed by atoms with Gasteiger partial charge in [-0.1, -0.05) is 6.07 Å². The van der Waals surface area contributed by atoms with Gasteiger partial charge in [0.15, 0.2) is 0 Å². The molecule has 0 bridgehead atoms. The Morgan fingerprint density at radius 3 is 2.56 bits per heavy atom. The Hall–Kier alpha value is -2.96. The second-order valence-corrected chi connectivity index (χ2v) is 6.73. The van der Waals surface area contributed by atoms with Crippen molar-refractivity contribution in [1.29, 1.82) is 0 Å². The molecule has 0 aromatic carbocycles. The lowest BCUT2D eigenvalue weighted by Crippen LogP contribution is -2.14. The average molecular weight is 370 g/mol. The zero-order chi connectivity index (χ0) is 19.2. The van der Waals surface area contributed by atoms with Crippen LogP contribution in [-0.4, -0.2) is 19.7 Å². The maximum Gasteiger partial charge on any atom is 0.433 e. The SMILES string of the molecule is Cc1cc(-c2cnn3c2C=C(c2ccc(C(F)(F)F)nc2)CC3C)ccn1. The number of pyridine rings is 2. The number of hydrogen-bond donors (Lipinski definition) is 0. The van der Waals surface area contributed by atoms with Crippen LogP contribution in [0.5, 0.6) is 0 Å². The first-order chi connectivity index (χ1) is 12.8. The van der Waals surface area contributed by atoms with Crippen LogP contribution >= 0.6 is 0 Å². The van der Waals surface area contributed by atoms with Gasteiger partial charge in [0.1, 0.15) is 5.69 Å². The lowest BCUT2D eigenvalue weighted by atomic mass is 9.94. The van der Waals surface area contributed by atoms with Crippen molar-refractivity contribution < 1.29 is 13.2 Å². The molecule has 1 aliphatic rings. The molecule has 4 rings (SSSR count). The van der Waals surface area contributed by atoms with E-state index in [1.54, 1.807) is 6.20 Å². The maximum atomic E-state index is 12.8. The number of rotatable bonds is 2. The van der Waals surface area contributed by atoms with Gasteiger partial charge in [-0.2, -0.15) is 18.3 Å². The molecular formula is C20H17F3N4. The lowest BCUT2D eigenvalue weighted by molar-refractivity contribution is -0.141. The number of aromatic nitrogens is 4. The van der Waals surface area contributed by atoms with Gasteiger partial charge in [-0.05, 0) is 61.2 Å². The topological polar surface area (TPSA) is 43.6 Å². The normalized spacial score (nSPS) is 16.8. The van der Waals surface area contributed by atoms with Crippen molar-refractivity contribution >= 4 is 11.6 Å². The van der Waals surface area contributed by atoms with Crippen molar-refractivity contribution in [3.05, 3.63) is 65.5 Å². The second kappa shape index (κ2) is 6.33. The van der Waals surface area contributed by atoms with Crippen molar-refractivity contribution in [1.82, 2.24) is 19.7 Å². The van der Waals surface area contributed by atoms with E-state index in [2.05, 4.69) is 15.1 Å². The molecule has 0 aliphatic carbocycles. The molecule has 1 atom stereocenters. The monoisotopic (exact) mass is 370 g/mol. The van der Waals surface area contributed by atoms with Crippen LogP contribution in [0.1, 0.15) is 42.0 Å². The first-order valence-corrected chi connectivity index (χ1v) is 8.57. The summed E-state index contributed by atoms with van der Waals surface area (Å²) in [6.07, 6.45) is 3.11. The quantitative estimate of drug-likeness (QED) is 0.625. The average Bonchev–Trinajstić information content (AvgIpc) is 3.06. The highest BCUT2D eigenvalue weighted by atomic mass is 19.4. The zero-order valence-electron chi connectivity index (χ0n) is 14.8. The van der Waals surface area contributed by atoms with E-state index in [-0.39, 0.29) is 6.04 Å². The van der Waals surface area contributed by atoms with Gasteiger partial charge in [0.25, 0.3) is 0 Å². The molecule has 0 fully saturated rings. The highest BCUT2D eigenvalue weighted by Crippen LogP contribution is 2.37. The summed E-state index contributed by atoms with van der Waals surface area (Å²) < 4.78 is 40.2. The molecule has 0 spiro atoms. The summed E-state index contributed by atoms with van der Waals surface area (Å²) in [5.41, 5.74) is 4.60. The Bertz CT molecular complexity index is 1020. The van der Waals surface area contributed by atoms with Crippen molar-refractivity contribution in [2.45, 2.75) is 32.5 Å². The van der Waals surface area contributed by atoms with Crippen LogP contribution < -0.4 is 0 Å². The second-order valence-electron chi connectivity index (χ2n) is 6.73. The largest absolute Gasteiger partial charge is 0.433 e. The Morgan fingerprint density at radius 1 is 1.07 bits per heavy atom. The summed E-state index contributed by atoms with van der Waals surface area (Å²) in [5, 5.41) is 4.51. The van der Waals surface area contributed by atoms with Crippen molar-refractivity contribution in [2.75, 3.05) is 0 Å². The molecule has 4 heterocycles. The van der Waals surface area contributed by atoms with E-state index in [0.717, 1.165) is 34.2 Å². The lowest BCUT2D eigenvalue weighted by Gasteiger charge is -2.23. The van der Waals surface area contributed by atoms with Gasteiger partial charge in [0.05, 0.1) is 17.9 Å². The Labute approximate surface area is 154 Å². The molecule has 0 N–H and O–H groups in total. The maximum absolute atomic E-state index is 12.8. The van der Waals surface area contributed by atoms with Crippen LogP contribution in [0.4, 0.5) is 13.2 Å². The van der Waals surface area contributed by atoms with Gasteiger partial charge in [-0.25, -0.2) is 0 Å². The number of allylic oxidation sites excluding steroid dienone is 1. The summed E-state index contributed by atoms with van der Waals surface area (Å²) in [6, 6.07) is 6.53. The predicted octanol–water partition coefficient (Wildman–Crippen LogP) is 5.17. The fraction of sp³-hybridized carbons (Fsp3) is 0.250. The fourth-order valence-corrected chi connectivity index (χ4v) is 3.38. The van der Waals surface area contributed by atoms with Crippen molar-refractivity contribution in [3.63, 3.8) is 0 Å². The predicted molar refractivity (Wildman–Crippen MR) is 96.6 cm³/mol. The molecule has 0 saturated heterocycles. The third kappa shape index (κ3) is 3.25. The van der Waals surface area contributed by atoms with Crippen LogP contribution in [0.25, 0.3) is 22.8 Å².